The third kappa shape index (κ3) is 9.49. The van der Waals surface area contributed by atoms with Crippen molar-refractivity contribution in [2.45, 2.75) is 90.9 Å². The first kappa shape index (κ1) is 24.0. The number of aliphatic carboxylic acids is 2. The van der Waals surface area contributed by atoms with Gasteiger partial charge < -0.3 is 10.2 Å². The molecule has 0 aliphatic rings. The average Bonchev–Trinajstić information content (AvgIpc) is 2.58. The minimum Gasteiger partial charge on any atom is -0.478 e. The summed E-state index contributed by atoms with van der Waals surface area (Å²) in [5.41, 5.74) is -1.74. The summed E-state index contributed by atoms with van der Waals surface area (Å²) in [6, 6.07) is 0. The number of carbonyl (C=O) groups excluding carboxylic acids is 2. The summed E-state index contributed by atoms with van der Waals surface area (Å²) in [7, 11) is 0. The maximum atomic E-state index is 12.2. The third-order valence-electron chi connectivity index (χ3n) is 4.25. The van der Waals surface area contributed by atoms with E-state index >= 15 is 0 Å². The number of carboxylic acid groups (broad SMARTS) is 2. The summed E-state index contributed by atoms with van der Waals surface area (Å²) < 4.78 is 0. The molecule has 148 valence electrons. The van der Waals surface area contributed by atoms with Gasteiger partial charge in [-0.25, -0.2) is 9.59 Å². The Bertz CT molecular complexity index is 472. The van der Waals surface area contributed by atoms with Crippen molar-refractivity contribution in [3.05, 3.63) is 11.1 Å². The summed E-state index contributed by atoms with van der Waals surface area (Å²) in [4.78, 5) is 47.4. The number of hydrogen-bond donors (Lipinski definition) is 2. The highest BCUT2D eigenvalue weighted by atomic mass is 16.4. The standard InChI is InChI=1S/C20H32O6/c1-3-5-7-9-11-13-15(21)17(19(23)24)18(20(25)26)16(22)14-12-10-8-6-4-2/h3-14H2,1-2H3,(H,23,24)(H,25,26). The molecule has 6 heteroatoms. The molecule has 0 aliphatic heterocycles. The fourth-order valence-corrected chi connectivity index (χ4v) is 2.76. The minimum atomic E-state index is -1.64. The number of ketones is 2. The van der Waals surface area contributed by atoms with E-state index < -0.39 is 34.7 Å². The van der Waals surface area contributed by atoms with Crippen molar-refractivity contribution < 1.29 is 29.4 Å². The van der Waals surface area contributed by atoms with E-state index in [0.29, 0.717) is 12.8 Å². The van der Waals surface area contributed by atoms with Crippen LogP contribution in [-0.4, -0.2) is 33.7 Å². The summed E-state index contributed by atoms with van der Waals surface area (Å²) in [5.74, 6) is -4.82. The van der Waals surface area contributed by atoms with Gasteiger partial charge in [0.1, 0.15) is 11.1 Å². The number of rotatable bonds is 16. The summed E-state index contributed by atoms with van der Waals surface area (Å²) in [6.07, 6.45) is 8.49. The molecule has 0 heterocycles. The molecule has 6 nitrogen and oxygen atoms in total. The molecule has 2 N–H and O–H groups in total. The summed E-state index contributed by atoms with van der Waals surface area (Å²) in [6.45, 7) is 4.12. The topological polar surface area (TPSA) is 109 Å². The lowest BCUT2D eigenvalue weighted by atomic mass is 9.94. The van der Waals surface area contributed by atoms with Gasteiger partial charge >= 0.3 is 11.9 Å². The van der Waals surface area contributed by atoms with Crippen LogP contribution in [0.4, 0.5) is 0 Å². The normalized spacial score (nSPS) is 11.8. The zero-order valence-electron chi connectivity index (χ0n) is 16.0. The van der Waals surface area contributed by atoms with Crippen LogP contribution in [0.25, 0.3) is 0 Å². The quantitative estimate of drug-likeness (QED) is 0.182. The smallest absolute Gasteiger partial charge is 0.340 e. The highest BCUT2D eigenvalue weighted by molar-refractivity contribution is 6.30. The SMILES string of the molecule is CCCCCCCC(=O)C(C(=O)O)=C(C(=O)O)C(=O)CCCCCCC. The Kier molecular flexibility index (Phi) is 13.1. The van der Waals surface area contributed by atoms with Gasteiger partial charge in [0, 0.05) is 12.8 Å². The molecule has 0 spiro atoms. The molecule has 0 fully saturated rings. The van der Waals surface area contributed by atoms with Crippen LogP contribution in [0, 0.1) is 0 Å². The number of unbranched alkanes of at least 4 members (excludes halogenated alkanes) is 8. The van der Waals surface area contributed by atoms with Crippen LogP contribution < -0.4 is 0 Å². The highest BCUT2D eigenvalue weighted by Gasteiger charge is 2.30. The minimum absolute atomic E-state index is 0.0497. The van der Waals surface area contributed by atoms with Crippen LogP contribution in [0.1, 0.15) is 90.9 Å². The van der Waals surface area contributed by atoms with Crippen molar-refractivity contribution in [3.8, 4) is 0 Å². The first-order chi connectivity index (χ1) is 12.4. The molecule has 0 bridgehead atoms. The van der Waals surface area contributed by atoms with Gasteiger partial charge in [0.05, 0.1) is 0 Å². The molecule has 0 aromatic rings. The van der Waals surface area contributed by atoms with Crippen LogP contribution in [0.5, 0.6) is 0 Å². The predicted octanol–water partition coefficient (Wildman–Crippen LogP) is 4.31. The Morgan fingerprint density at radius 2 is 0.846 bits per heavy atom. The number of carbonyl (C=O) groups is 4. The van der Waals surface area contributed by atoms with Crippen LogP contribution in [0.2, 0.25) is 0 Å². The Morgan fingerprint density at radius 1 is 0.538 bits per heavy atom. The Hall–Kier alpha value is -1.98. The van der Waals surface area contributed by atoms with Gasteiger partial charge in [-0.15, -0.1) is 0 Å². The second-order valence-corrected chi connectivity index (χ2v) is 6.54. The fraction of sp³-hybridized carbons (Fsp3) is 0.700. The van der Waals surface area contributed by atoms with Crippen molar-refractivity contribution in [2.75, 3.05) is 0 Å². The van der Waals surface area contributed by atoms with Crippen LogP contribution in [0.3, 0.4) is 0 Å². The molecule has 0 saturated heterocycles. The molecule has 0 rings (SSSR count). The van der Waals surface area contributed by atoms with Crippen molar-refractivity contribution in [3.63, 3.8) is 0 Å². The molecule has 0 aromatic carbocycles. The van der Waals surface area contributed by atoms with Crippen molar-refractivity contribution >= 4 is 23.5 Å². The number of Topliss-reactive ketones (excluding diaryl/α,β-unsaturated/α-hetero) is 2. The van der Waals surface area contributed by atoms with E-state index in [0.717, 1.165) is 51.4 Å². The molecule has 0 atom stereocenters. The molecule has 0 saturated carbocycles. The predicted molar refractivity (Wildman–Crippen MR) is 99.1 cm³/mol. The van der Waals surface area contributed by atoms with Gasteiger partial charge in [0.15, 0.2) is 11.6 Å². The van der Waals surface area contributed by atoms with E-state index in [2.05, 4.69) is 13.8 Å². The first-order valence-corrected chi connectivity index (χ1v) is 9.64. The molecule has 0 aliphatic carbocycles. The van der Waals surface area contributed by atoms with E-state index in [1.54, 1.807) is 0 Å². The van der Waals surface area contributed by atoms with Gasteiger partial charge in [-0.3, -0.25) is 9.59 Å². The third-order valence-corrected chi connectivity index (χ3v) is 4.25. The number of carboxylic acids is 2. The Morgan fingerprint density at radius 3 is 1.12 bits per heavy atom. The molecule has 0 amide bonds. The van der Waals surface area contributed by atoms with Crippen molar-refractivity contribution in [2.24, 2.45) is 0 Å². The van der Waals surface area contributed by atoms with Gasteiger partial charge in [-0.1, -0.05) is 65.2 Å². The molecule has 26 heavy (non-hydrogen) atoms. The monoisotopic (exact) mass is 368 g/mol. The van der Waals surface area contributed by atoms with Gasteiger partial charge in [0.2, 0.25) is 0 Å². The fourth-order valence-electron chi connectivity index (χ4n) is 2.76. The highest BCUT2D eigenvalue weighted by Crippen LogP contribution is 2.17. The molecule has 0 radical (unpaired) electrons. The Balaban J connectivity index is 5.04. The van der Waals surface area contributed by atoms with E-state index in [4.69, 9.17) is 0 Å². The maximum absolute atomic E-state index is 12.2. The van der Waals surface area contributed by atoms with Crippen molar-refractivity contribution in [1.29, 1.82) is 0 Å². The van der Waals surface area contributed by atoms with E-state index in [1.165, 1.54) is 0 Å². The van der Waals surface area contributed by atoms with Crippen LogP contribution in [-0.2, 0) is 19.2 Å². The van der Waals surface area contributed by atoms with Crippen LogP contribution >= 0.6 is 0 Å². The number of hydrogen-bond acceptors (Lipinski definition) is 4. The zero-order valence-corrected chi connectivity index (χ0v) is 16.0. The average molecular weight is 368 g/mol. The lowest BCUT2D eigenvalue weighted by Crippen LogP contribution is -2.23. The first-order valence-electron chi connectivity index (χ1n) is 9.64. The van der Waals surface area contributed by atoms with Gasteiger partial charge in [0.25, 0.3) is 0 Å². The molecule has 0 aromatic heterocycles. The lowest BCUT2D eigenvalue weighted by Gasteiger charge is -2.08. The zero-order chi connectivity index (χ0) is 19.9. The van der Waals surface area contributed by atoms with Crippen LogP contribution in [0.15, 0.2) is 11.1 Å². The van der Waals surface area contributed by atoms with E-state index in [1.807, 2.05) is 0 Å². The second kappa shape index (κ2) is 14.2. The summed E-state index contributed by atoms with van der Waals surface area (Å²) >= 11 is 0. The second-order valence-electron chi connectivity index (χ2n) is 6.54. The van der Waals surface area contributed by atoms with E-state index in [-0.39, 0.29) is 12.8 Å². The summed E-state index contributed by atoms with van der Waals surface area (Å²) in [5, 5.41) is 18.6. The largest absolute Gasteiger partial charge is 0.478 e. The van der Waals surface area contributed by atoms with E-state index in [9.17, 15) is 29.4 Å². The lowest BCUT2D eigenvalue weighted by molar-refractivity contribution is -0.139. The molecular formula is C20H32O6. The molecule has 0 unspecified atom stereocenters. The maximum Gasteiger partial charge on any atom is 0.340 e. The van der Waals surface area contributed by atoms with Gasteiger partial charge in [-0.05, 0) is 12.8 Å². The Labute approximate surface area is 155 Å². The molecular weight excluding hydrogens is 336 g/mol. The van der Waals surface area contributed by atoms with Crippen molar-refractivity contribution in [1.82, 2.24) is 0 Å². The van der Waals surface area contributed by atoms with Gasteiger partial charge in [-0.2, -0.15) is 0 Å².